The van der Waals surface area contributed by atoms with E-state index in [2.05, 4.69) is 4.98 Å². The van der Waals surface area contributed by atoms with E-state index in [9.17, 15) is 13.2 Å². The van der Waals surface area contributed by atoms with Crippen molar-refractivity contribution in [2.45, 2.75) is 13.0 Å². The number of halogens is 3. The van der Waals surface area contributed by atoms with E-state index in [0.29, 0.717) is 27.5 Å². The fourth-order valence-corrected chi connectivity index (χ4v) is 4.08. The molecule has 0 aliphatic heterocycles. The van der Waals surface area contributed by atoms with Crippen molar-refractivity contribution < 1.29 is 26.1 Å². The summed E-state index contributed by atoms with van der Waals surface area (Å²) in [6, 6.07) is 15.7. The average molecular weight is 420 g/mol. The fourth-order valence-electron chi connectivity index (χ4n) is 4.08. The van der Waals surface area contributed by atoms with E-state index in [1.165, 1.54) is 12.1 Å². The first kappa shape index (κ1) is 15.1. The summed E-state index contributed by atoms with van der Waals surface area (Å²) in [4.78, 5) is 4.11. The van der Waals surface area contributed by atoms with Crippen LogP contribution in [0, 0.1) is 6.85 Å². The molecule has 0 radical (unpaired) electrons. The number of hydrogen-bond acceptors (Lipinski definition) is 3. The Morgan fingerprint density at radius 1 is 0.839 bits per heavy atom. The average Bonchev–Trinajstić information content (AvgIpc) is 3.36. The zero-order valence-electron chi connectivity index (χ0n) is 18.7. The highest BCUT2D eigenvalue weighted by Gasteiger charge is 2.31. The van der Waals surface area contributed by atoms with Gasteiger partial charge in [-0.15, -0.1) is 0 Å². The maximum atomic E-state index is 13.3. The van der Waals surface area contributed by atoms with Gasteiger partial charge < -0.3 is 8.83 Å². The molecule has 0 aliphatic carbocycles. The van der Waals surface area contributed by atoms with Crippen LogP contribution in [-0.4, -0.2) is 4.98 Å². The van der Waals surface area contributed by atoms with Crippen LogP contribution >= 0.6 is 0 Å². The number of pyridine rings is 1. The van der Waals surface area contributed by atoms with Gasteiger partial charge in [-0.05, 0) is 48.8 Å². The van der Waals surface area contributed by atoms with Crippen molar-refractivity contribution in [1.29, 1.82) is 0 Å². The molecule has 6 rings (SSSR count). The second-order valence-corrected chi connectivity index (χ2v) is 7.31. The van der Waals surface area contributed by atoms with Crippen molar-refractivity contribution in [2.24, 2.45) is 0 Å². The third kappa shape index (κ3) is 2.57. The van der Waals surface area contributed by atoms with Gasteiger partial charge in [0.25, 0.3) is 0 Å². The third-order valence-electron chi connectivity index (χ3n) is 5.50. The number of fused-ring (bicyclic) bond motifs is 7. The predicted molar refractivity (Wildman–Crippen MR) is 114 cm³/mol. The Kier molecular flexibility index (Phi) is 2.97. The largest absolute Gasteiger partial charge is 0.452 e. The van der Waals surface area contributed by atoms with Gasteiger partial charge in [-0.1, -0.05) is 24.3 Å². The predicted octanol–water partition coefficient (Wildman–Crippen LogP) is 7.87. The summed E-state index contributed by atoms with van der Waals surface area (Å²) < 4.78 is 76.2. The lowest BCUT2D eigenvalue weighted by molar-refractivity contribution is -0.137. The minimum absolute atomic E-state index is 0.0248. The Hall–Kier alpha value is -3.80. The molecule has 0 bridgehead atoms. The zero-order chi connectivity index (χ0) is 23.8. The Balaban J connectivity index is 1.74. The van der Waals surface area contributed by atoms with E-state index in [1.807, 2.05) is 30.3 Å². The quantitative estimate of drug-likeness (QED) is 0.272. The van der Waals surface area contributed by atoms with Crippen molar-refractivity contribution in [3.05, 3.63) is 78.0 Å². The Bertz CT molecular complexity index is 1750. The van der Waals surface area contributed by atoms with E-state index < -0.39 is 18.6 Å². The van der Waals surface area contributed by atoms with Gasteiger partial charge in [0.2, 0.25) is 0 Å². The minimum Gasteiger partial charge on any atom is -0.452 e. The number of para-hydroxylation sites is 1. The van der Waals surface area contributed by atoms with Crippen molar-refractivity contribution in [1.82, 2.24) is 4.98 Å². The summed E-state index contributed by atoms with van der Waals surface area (Å²) in [5, 5.41) is 2.46. The second-order valence-electron chi connectivity index (χ2n) is 7.31. The van der Waals surface area contributed by atoms with Crippen LogP contribution in [0.5, 0.6) is 0 Å². The molecule has 0 spiro atoms. The minimum atomic E-state index is -4.55. The summed E-state index contributed by atoms with van der Waals surface area (Å²) in [6.45, 7) is -2.47. The highest BCUT2D eigenvalue weighted by molar-refractivity contribution is 6.20. The van der Waals surface area contributed by atoms with E-state index in [1.54, 1.807) is 6.07 Å². The molecule has 3 nitrogen and oxygen atoms in total. The van der Waals surface area contributed by atoms with Gasteiger partial charge in [0.15, 0.2) is 11.2 Å². The lowest BCUT2D eigenvalue weighted by atomic mass is 10.0. The van der Waals surface area contributed by atoms with Crippen LogP contribution in [0.3, 0.4) is 0 Å². The maximum Gasteiger partial charge on any atom is 0.416 e. The summed E-state index contributed by atoms with van der Waals surface area (Å²) in [5.74, 6) is 0. The van der Waals surface area contributed by atoms with Crippen LogP contribution in [0.4, 0.5) is 13.2 Å². The van der Waals surface area contributed by atoms with Crippen LogP contribution in [0.25, 0.3) is 55.1 Å². The van der Waals surface area contributed by atoms with Crippen LogP contribution in [-0.2, 0) is 6.18 Å². The van der Waals surface area contributed by atoms with Crippen molar-refractivity contribution in [2.75, 3.05) is 0 Å². The number of hydrogen-bond donors (Lipinski definition) is 0. The number of benzene rings is 3. The van der Waals surface area contributed by atoms with E-state index >= 15 is 0 Å². The highest BCUT2D eigenvalue weighted by atomic mass is 19.4. The Morgan fingerprint density at radius 2 is 1.65 bits per heavy atom. The molecule has 3 heterocycles. The number of aromatic nitrogens is 1. The lowest BCUT2D eigenvalue weighted by Crippen LogP contribution is -2.05. The van der Waals surface area contributed by atoms with Gasteiger partial charge >= 0.3 is 6.18 Å². The molecule has 0 saturated heterocycles. The number of aryl methyl sites for hydroxylation is 1. The van der Waals surface area contributed by atoms with Crippen molar-refractivity contribution in [3.8, 4) is 11.3 Å². The zero-order valence-corrected chi connectivity index (χ0v) is 15.7. The van der Waals surface area contributed by atoms with Gasteiger partial charge in [-0.2, -0.15) is 13.2 Å². The molecule has 3 aromatic carbocycles. The molecule has 0 saturated carbocycles. The van der Waals surface area contributed by atoms with E-state index in [4.69, 9.17) is 12.9 Å². The molecule has 0 amide bonds. The van der Waals surface area contributed by atoms with Gasteiger partial charge in [-0.3, -0.25) is 4.98 Å². The maximum absolute atomic E-state index is 13.3. The molecule has 0 N–H and O–H groups in total. The molecule has 0 unspecified atom stereocenters. The SMILES string of the molecule is [2H]C([2H])([2H])c1ccc(-c2cc(C(F)(F)F)ccn2)c2oc3c(ccc4c5ccccc5oc43)c12. The summed E-state index contributed by atoms with van der Waals surface area (Å²) in [7, 11) is 0. The molecule has 0 aliphatic rings. The molecule has 3 aromatic heterocycles. The topological polar surface area (TPSA) is 39.2 Å². The smallest absolute Gasteiger partial charge is 0.416 e. The summed E-state index contributed by atoms with van der Waals surface area (Å²) in [6.07, 6.45) is -3.48. The van der Waals surface area contributed by atoms with Gasteiger partial charge in [-0.25, -0.2) is 0 Å². The Morgan fingerprint density at radius 3 is 2.48 bits per heavy atom. The number of alkyl halides is 3. The van der Waals surface area contributed by atoms with Crippen LogP contribution in [0.1, 0.15) is 15.2 Å². The second kappa shape index (κ2) is 6.11. The van der Waals surface area contributed by atoms with Gasteiger partial charge in [0.1, 0.15) is 11.2 Å². The van der Waals surface area contributed by atoms with E-state index in [-0.39, 0.29) is 22.4 Å². The molecule has 6 heteroatoms. The highest BCUT2D eigenvalue weighted by Crippen LogP contribution is 2.42. The van der Waals surface area contributed by atoms with Crippen molar-refractivity contribution >= 4 is 43.9 Å². The molecule has 6 aromatic rings. The molecule has 0 fully saturated rings. The molecular weight excluding hydrogens is 403 g/mol. The van der Waals surface area contributed by atoms with Gasteiger partial charge in [0.05, 0.1) is 11.3 Å². The Labute approximate surface area is 177 Å². The standard InChI is InChI=1S/C25H14F3NO2/c1-13-6-7-17(19-12-14(10-11-29-19)25(26,27)28)22-21(13)18-9-8-16-15-4-2-3-5-20(15)30-23(16)24(18)31-22/h2-12H,1H3/i1D3. The number of furan rings is 2. The monoisotopic (exact) mass is 420 g/mol. The van der Waals surface area contributed by atoms with Gasteiger partial charge in [0, 0.05) is 37.4 Å². The number of rotatable bonds is 1. The lowest BCUT2D eigenvalue weighted by Gasteiger charge is -2.09. The summed E-state index contributed by atoms with van der Waals surface area (Å²) >= 11 is 0. The molecule has 0 atom stereocenters. The number of nitrogens with zero attached hydrogens (tertiary/aromatic N) is 1. The first-order chi connectivity index (χ1) is 16.1. The fraction of sp³-hybridized carbons (Fsp3) is 0.0800. The third-order valence-corrected chi connectivity index (χ3v) is 5.50. The van der Waals surface area contributed by atoms with E-state index in [0.717, 1.165) is 29.1 Å². The van der Waals surface area contributed by atoms with Crippen LogP contribution in [0.2, 0.25) is 0 Å². The molecule has 152 valence electrons. The van der Waals surface area contributed by atoms with Crippen molar-refractivity contribution in [3.63, 3.8) is 0 Å². The van der Waals surface area contributed by atoms with Crippen LogP contribution < -0.4 is 0 Å². The normalized spacial score (nSPS) is 14.4. The van der Waals surface area contributed by atoms with Crippen LogP contribution in [0.15, 0.2) is 75.7 Å². The molecular formula is C25H14F3NO2. The first-order valence-corrected chi connectivity index (χ1v) is 9.46. The molecule has 31 heavy (non-hydrogen) atoms. The summed E-state index contributed by atoms with van der Waals surface area (Å²) in [5.41, 5.74) is 1.01. The first-order valence-electron chi connectivity index (χ1n) is 11.0.